The summed E-state index contributed by atoms with van der Waals surface area (Å²) in [4.78, 5) is 59.6. The van der Waals surface area contributed by atoms with E-state index in [-0.39, 0.29) is 34.2 Å². The molecule has 0 aliphatic rings. The van der Waals surface area contributed by atoms with Crippen molar-refractivity contribution in [3.63, 3.8) is 0 Å². The number of hydrogen-bond acceptors (Lipinski definition) is 13. The number of carbonyl (C=O) groups excluding carboxylic acids is 2. The Hall–Kier alpha value is -6.48. The number of sulfonamides is 1. The molecule has 22 heteroatoms. The summed E-state index contributed by atoms with van der Waals surface area (Å²) in [5.41, 5.74) is -1.80. The van der Waals surface area contributed by atoms with E-state index in [1.165, 1.54) is 56.7 Å². The molecule has 0 bridgehead atoms. The Bertz CT molecular complexity index is 2550. The molecule has 5 aromatic rings. The first-order valence-corrected chi connectivity index (χ1v) is 19.0. The molecule has 3 aromatic carbocycles. The van der Waals surface area contributed by atoms with Crippen LogP contribution in [-0.2, 0) is 45.8 Å². The van der Waals surface area contributed by atoms with Gasteiger partial charge < -0.3 is 18.9 Å². The normalized spacial score (nSPS) is 11.7. The van der Waals surface area contributed by atoms with Gasteiger partial charge in [0.2, 0.25) is 5.95 Å². The van der Waals surface area contributed by atoms with E-state index in [0.29, 0.717) is 38.1 Å². The van der Waals surface area contributed by atoms with Gasteiger partial charge in [-0.15, -0.1) is 0 Å². The van der Waals surface area contributed by atoms with Gasteiger partial charge in [-0.05, 0) is 68.3 Å². The molecule has 314 valence electrons. The molecule has 0 saturated carbocycles. The number of urea groups is 1. The highest BCUT2D eigenvalue weighted by atomic mass is 35.5. The van der Waals surface area contributed by atoms with Gasteiger partial charge in [0.15, 0.2) is 6.10 Å². The molecular formula is C37H37ClF3N7O10S. The number of nitrogens with one attached hydrogen (secondary N) is 2. The molecule has 5 rings (SSSR count). The third-order valence-electron chi connectivity index (χ3n) is 7.96. The van der Waals surface area contributed by atoms with Crippen molar-refractivity contribution in [1.29, 1.82) is 0 Å². The molecule has 1 atom stereocenters. The molecule has 0 aliphatic carbocycles. The number of rotatable bonds is 12. The fourth-order valence-corrected chi connectivity index (χ4v) is 6.44. The number of alkyl halides is 3. The van der Waals surface area contributed by atoms with E-state index >= 15 is 0 Å². The third kappa shape index (κ3) is 11.8. The van der Waals surface area contributed by atoms with Gasteiger partial charge in [-0.1, -0.05) is 42.8 Å². The molecule has 59 heavy (non-hydrogen) atoms. The van der Waals surface area contributed by atoms with Crippen molar-refractivity contribution < 1.29 is 50.1 Å². The molecule has 2 amide bonds. The number of methoxy groups -OCH3 is 2. The predicted molar refractivity (Wildman–Crippen MR) is 206 cm³/mol. The first-order valence-electron chi connectivity index (χ1n) is 17.1. The third-order valence-corrected chi connectivity index (χ3v) is 9.80. The zero-order valence-corrected chi connectivity index (χ0v) is 33.7. The largest absolute Gasteiger partial charge is 0.489 e. The standard InChI is InChI=1S/C25H25F3N2O6.C12H12ClN5O4S/c1-5-16-6-7-17(20(12-16)36-15(2)23(32)34-4)14-35-19-10-8-18(9-11-19)30-22(31)13-21(25(26,27)28)29(3)24(30)33;1-7-14-10(17-12(15-7)22-2)16-11(19)18-23(20,21)9-6-4-3-5-8(9)13/h6-13,15H,5,14H2,1-4H3;3-6H,1-2H3,(H2,14,15,16,17,18,19). The van der Waals surface area contributed by atoms with Crippen LogP contribution in [0.5, 0.6) is 17.5 Å². The number of esters is 1. The molecule has 2 heterocycles. The highest BCUT2D eigenvalue weighted by Crippen LogP contribution is 2.28. The SMILES string of the molecule is CCc1ccc(COc2ccc(-n3c(=O)cc(C(F)(F)F)n(C)c3=O)cc2)c(OC(C)C(=O)OC)c1.COc1nc(C)nc(NC(=O)NS(=O)(=O)c2ccccc2Cl)n1. The van der Waals surface area contributed by atoms with Gasteiger partial charge in [0.1, 0.15) is 34.5 Å². The average molecular weight is 864 g/mol. The van der Waals surface area contributed by atoms with Gasteiger partial charge in [0.05, 0.1) is 24.9 Å². The van der Waals surface area contributed by atoms with Crippen molar-refractivity contribution in [2.24, 2.45) is 7.05 Å². The molecule has 0 aliphatic heterocycles. The highest BCUT2D eigenvalue weighted by Gasteiger charge is 2.35. The van der Waals surface area contributed by atoms with Crippen LogP contribution in [0.1, 0.15) is 36.5 Å². The number of amides is 2. The van der Waals surface area contributed by atoms with Crippen LogP contribution in [0.25, 0.3) is 5.69 Å². The summed E-state index contributed by atoms with van der Waals surface area (Å²) in [6.45, 7) is 5.19. The number of nitrogens with zero attached hydrogens (tertiary/aromatic N) is 5. The Balaban J connectivity index is 0.000000288. The predicted octanol–water partition coefficient (Wildman–Crippen LogP) is 4.99. The van der Waals surface area contributed by atoms with Crippen LogP contribution in [0.3, 0.4) is 0 Å². The van der Waals surface area contributed by atoms with Crippen molar-refractivity contribution in [1.82, 2.24) is 28.8 Å². The zero-order chi connectivity index (χ0) is 43.7. The number of halogens is 4. The molecule has 0 saturated heterocycles. The van der Waals surface area contributed by atoms with Crippen LogP contribution < -0.4 is 35.5 Å². The van der Waals surface area contributed by atoms with Crippen LogP contribution in [-0.4, -0.2) is 64.8 Å². The van der Waals surface area contributed by atoms with Crippen molar-refractivity contribution in [2.75, 3.05) is 19.5 Å². The second-order valence-electron chi connectivity index (χ2n) is 12.1. The smallest absolute Gasteiger partial charge is 0.431 e. The second kappa shape index (κ2) is 19.3. The number of ether oxygens (including phenoxy) is 4. The summed E-state index contributed by atoms with van der Waals surface area (Å²) in [6, 6.07) is 16.3. The van der Waals surface area contributed by atoms with Crippen LogP contribution in [0, 0.1) is 6.92 Å². The van der Waals surface area contributed by atoms with Crippen LogP contribution >= 0.6 is 11.6 Å². The first kappa shape index (κ1) is 45.2. The van der Waals surface area contributed by atoms with Crippen molar-refractivity contribution in [3.8, 4) is 23.2 Å². The van der Waals surface area contributed by atoms with E-state index in [0.717, 1.165) is 19.0 Å². The van der Waals surface area contributed by atoms with Crippen molar-refractivity contribution in [2.45, 2.75) is 51.0 Å². The maximum absolute atomic E-state index is 13.1. The van der Waals surface area contributed by atoms with Gasteiger partial charge in [-0.25, -0.2) is 32.1 Å². The molecule has 0 radical (unpaired) electrons. The lowest BCUT2D eigenvalue weighted by Crippen LogP contribution is -2.40. The molecule has 1 unspecified atom stereocenters. The summed E-state index contributed by atoms with van der Waals surface area (Å²) in [5.74, 6) is 0.456. The lowest BCUT2D eigenvalue weighted by Gasteiger charge is -2.17. The fourth-order valence-electron chi connectivity index (χ4n) is 5.01. The Labute approximate surface area is 339 Å². The van der Waals surface area contributed by atoms with E-state index in [1.807, 2.05) is 29.8 Å². The minimum absolute atomic E-state index is 0.00882. The molecule has 2 aromatic heterocycles. The molecule has 0 fully saturated rings. The number of aromatic nitrogens is 5. The Kier molecular flexibility index (Phi) is 14.8. The highest BCUT2D eigenvalue weighted by molar-refractivity contribution is 7.90. The summed E-state index contributed by atoms with van der Waals surface area (Å²) in [6.07, 6.45) is -4.91. The Morgan fingerprint density at radius 3 is 2.25 bits per heavy atom. The minimum atomic E-state index is -4.84. The van der Waals surface area contributed by atoms with Gasteiger partial charge in [0, 0.05) is 18.7 Å². The topological polar surface area (TPSA) is 212 Å². The number of anilines is 1. The monoisotopic (exact) mass is 863 g/mol. The molecule has 17 nitrogen and oxygen atoms in total. The lowest BCUT2D eigenvalue weighted by molar-refractivity contribution is -0.148. The lowest BCUT2D eigenvalue weighted by atomic mass is 10.1. The maximum Gasteiger partial charge on any atom is 0.431 e. The minimum Gasteiger partial charge on any atom is -0.489 e. The average Bonchev–Trinajstić information content (AvgIpc) is 3.18. The van der Waals surface area contributed by atoms with Crippen LogP contribution in [0.15, 0.2) is 87.3 Å². The Morgan fingerprint density at radius 2 is 1.64 bits per heavy atom. The van der Waals surface area contributed by atoms with Gasteiger partial charge in [-0.3, -0.25) is 14.7 Å². The van der Waals surface area contributed by atoms with E-state index < -0.39 is 51.2 Å². The second-order valence-corrected chi connectivity index (χ2v) is 14.1. The molecule has 2 N–H and O–H groups in total. The Morgan fingerprint density at radius 1 is 0.966 bits per heavy atom. The van der Waals surface area contributed by atoms with Crippen molar-refractivity contribution in [3.05, 3.63) is 121 Å². The van der Waals surface area contributed by atoms with Crippen LogP contribution in [0.2, 0.25) is 5.02 Å². The number of aryl methyl sites for hydroxylation is 2. The number of carbonyl (C=O) groups is 2. The number of hydrogen-bond donors (Lipinski definition) is 2. The van der Waals surface area contributed by atoms with E-state index in [4.69, 9.17) is 30.5 Å². The van der Waals surface area contributed by atoms with Gasteiger partial charge >= 0.3 is 29.9 Å². The summed E-state index contributed by atoms with van der Waals surface area (Å²) < 4.78 is 87.3. The van der Waals surface area contributed by atoms with Gasteiger partial charge in [-0.2, -0.15) is 28.1 Å². The zero-order valence-electron chi connectivity index (χ0n) is 32.2. The van der Waals surface area contributed by atoms with E-state index in [1.54, 1.807) is 19.9 Å². The quantitative estimate of drug-likeness (QED) is 0.159. The van der Waals surface area contributed by atoms with E-state index in [9.17, 15) is 40.8 Å². The molecule has 0 spiro atoms. The van der Waals surface area contributed by atoms with Gasteiger partial charge in [0.25, 0.3) is 15.6 Å². The molecular weight excluding hydrogens is 827 g/mol. The summed E-state index contributed by atoms with van der Waals surface area (Å²) in [7, 11) is -0.567. The van der Waals surface area contributed by atoms with Crippen LogP contribution in [0.4, 0.5) is 23.9 Å². The summed E-state index contributed by atoms with van der Waals surface area (Å²) in [5, 5.41) is 2.18. The fraction of sp³-hybridized carbons (Fsp3) is 0.270. The number of benzene rings is 3. The van der Waals surface area contributed by atoms with E-state index in [2.05, 4.69) is 20.3 Å². The first-order chi connectivity index (χ1) is 27.8. The maximum atomic E-state index is 13.1. The summed E-state index contributed by atoms with van der Waals surface area (Å²) >= 11 is 5.81. The van der Waals surface area contributed by atoms with Crippen molar-refractivity contribution >= 4 is 39.6 Å².